The predicted octanol–water partition coefficient (Wildman–Crippen LogP) is 4.68. The van der Waals surface area contributed by atoms with Crippen LogP contribution in [-0.2, 0) is 6.42 Å². The fourth-order valence-corrected chi connectivity index (χ4v) is 3.37. The first-order valence-electron chi connectivity index (χ1n) is 7.49. The Morgan fingerprint density at radius 1 is 1.32 bits per heavy atom. The van der Waals surface area contributed by atoms with Crippen LogP contribution in [0.15, 0.2) is 34.9 Å². The van der Waals surface area contributed by atoms with Crippen LogP contribution in [0, 0.1) is 12.3 Å². The third-order valence-corrected chi connectivity index (χ3v) is 4.51. The van der Waals surface area contributed by atoms with Crippen LogP contribution < -0.4 is 5.32 Å². The monoisotopic (exact) mass is 317 g/mol. The summed E-state index contributed by atoms with van der Waals surface area (Å²) in [7, 11) is 0. The first kappa shape index (κ1) is 15.2. The first-order chi connectivity index (χ1) is 10.4. The Bertz CT molecular complexity index is 700. The molecule has 0 fully saturated rings. The quantitative estimate of drug-likeness (QED) is 0.873. The van der Waals surface area contributed by atoms with Crippen molar-refractivity contribution in [2.24, 2.45) is 5.41 Å². The molecule has 1 atom stereocenters. The lowest BCUT2D eigenvalue weighted by atomic mass is 9.74. The van der Waals surface area contributed by atoms with E-state index >= 15 is 0 Å². The fraction of sp³-hybridized carbons (Fsp3) is 0.389. The Labute approximate surface area is 135 Å². The van der Waals surface area contributed by atoms with E-state index in [0.717, 1.165) is 29.7 Å². The van der Waals surface area contributed by atoms with Gasteiger partial charge in [0.15, 0.2) is 0 Å². The second-order valence-corrected chi connectivity index (χ2v) is 7.27. The van der Waals surface area contributed by atoms with Crippen LogP contribution in [0.4, 0.5) is 0 Å². The van der Waals surface area contributed by atoms with Crippen LogP contribution >= 0.6 is 11.6 Å². The molecular weight excluding hydrogens is 298 g/mol. The lowest BCUT2D eigenvalue weighted by molar-refractivity contribution is 0.0917. The fourth-order valence-electron chi connectivity index (χ4n) is 3.24. The number of carbonyl (C=O) groups excluding carboxylic acids is 1. The van der Waals surface area contributed by atoms with Gasteiger partial charge in [-0.25, -0.2) is 0 Å². The molecule has 0 saturated heterocycles. The summed E-state index contributed by atoms with van der Waals surface area (Å²) in [6.45, 7) is 6.44. The maximum Gasteiger partial charge on any atom is 0.251 e. The molecule has 1 amide bonds. The summed E-state index contributed by atoms with van der Waals surface area (Å²) >= 11 is 5.87. The standard InChI is InChI=1S/C18H20ClNO2/c1-11-10-22-15-9-18(2,3)8-14(16(11)15)20-17(21)12-4-6-13(19)7-5-12/h4-7,10,14H,8-9H2,1-3H3,(H,20,21). The molecule has 116 valence electrons. The van der Waals surface area contributed by atoms with Gasteiger partial charge in [0, 0.05) is 22.6 Å². The minimum absolute atomic E-state index is 0.0133. The molecule has 1 aromatic heterocycles. The zero-order chi connectivity index (χ0) is 15.9. The summed E-state index contributed by atoms with van der Waals surface area (Å²) in [5.41, 5.74) is 2.97. The number of benzene rings is 1. The van der Waals surface area contributed by atoms with Crippen molar-refractivity contribution < 1.29 is 9.21 Å². The van der Waals surface area contributed by atoms with Crippen molar-refractivity contribution in [3.63, 3.8) is 0 Å². The average molecular weight is 318 g/mol. The SMILES string of the molecule is Cc1coc2c1C(NC(=O)c1ccc(Cl)cc1)CC(C)(C)C2. The van der Waals surface area contributed by atoms with Gasteiger partial charge in [-0.1, -0.05) is 25.4 Å². The summed E-state index contributed by atoms with van der Waals surface area (Å²) < 4.78 is 5.69. The van der Waals surface area contributed by atoms with Crippen LogP contribution in [-0.4, -0.2) is 5.91 Å². The summed E-state index contributed by atoms with van der Waals surface area (Å²) in [5, 5.41) is 3.78. The van der Waals surface area contributed by atoms with E-state index < -0.39 is 0 Å². The van der Waals surface area contributed by atoms with Crippen molar-refractivity contribution in [2.75, 3.05) is 0 Å². The topological polar surface area (TPSA) is 42.2 Å². The van der Waals surface area contributed by atoms with E-state index in [1.54, 1.807) is 30.5 Å². The number of hydrogen-bond donors (Lipinski definition) is 1. The summed E-state index contributed by atoms with van der Waals surface area (Å²) in [6.07, 6.45) is 3.59. The normalized spacial score (nSPS) is 19.5. The number of amides is 1. The Hall–Kier alpha value is -1.74. The zero-order valence-corrected chi connectivity index (χ0v) is 13.8. The lowest BCUT2D eigenvalue weighted by Gasteiger charge is -2.35. The second-order valence-electron chi connectivity index (χ2n) is 6.83. The van der Waals surface area contributed by atoms with Crippen LogP contribution in [0.2, 0.25) is 5.02 Å². The molecule has 0 bridgehead atoms. The van der Waals surface area contributed by atoms with E-state index in [4.69, 9.17) is 16.0 Å². The molecule has 4 heteroatoms. The van der Waals surface area contributed by atoms with Crippen molar-refractivity contribution in [1.29, 1.82) is 0 Å². The summed E-state index contributed by atoms with van der Waals surface area (Å²) in [4.78, 5) is 12.5. The Kier molecular flexibility index (Phi) is 3.77. The number of furan rings is 1. The molecule has 0 spiro atoms. The van der Waals surface area contributed by atoms with Crippen LogP contribution in [0.1, 0.15) is 53.6 Å². The van der Waals surface area contributed by atoms with Crippen molar-refractivity contribution in [3.05, 3.63) is 58.0 Å². The zero-order valence-electron chi connectivity index (χ0n) is 13.1. The lowest BCUT2D eigenvalue weighted by Crippen LogP contribution is -2.36. The molecule has 2 aromatic rings. The molecule has 1 aromatic carbocycles. The molecule has 0 radical (unpaired) electrons. The van der Waals surface area contributed by atoms with Gasteiger partial charge < -0.3 is 9.73 Å². The smallest absolute Gasteiger partial charge is 0.251 e. The van der Waals surface area contributed by atoms with E-state index in [1.807, 2.05) is 6.92 Å². The van der Waals surface area contributed by atoms with E-state index in [-0.39, 0.29) is 17.4 Å². The van der Waals surface area contributed by atoms with Gasteiger partial charge in [0.1, 0.15) is 5.76 Å². The number of hydrogen-bond acceptors (Lipinski definition) is 2. The molecule has 1 heterocycles. The first-order valence-corrected chi connectivity index (χ1v) is 7.87. The third-order valence-electron chi connectivity index (χ3n) is 4.26. The van der Waals surface area contributed by atoms with Gasteiger partial charge in [-0.15, -0.1) is 0 Å². The van der Waals surface area contributed by atoms with Gasteiger partial charge in [-0.3, -0.25) is 4.79 Å². The molecule has 22 heavy (non-hydrogen) atoms. The highest BCUT2D eigenvalue weighted by molar-refractivity contribution is 6.30. The highest BCUT2D eigenvalue weighted by atomic mass is 35.5. The number of halogens is 1. The van der Waals surface area contributed by atoms with Gasteiger partial charge >= 0.3 is 0 Å². The Balaban J connectivity index is 1.86. The number of nitrogens with one attached hydrogen (secondary N) is 1. The molecule has 1 N–H and O–H groups in total. The molecule has 1 aliphatic carbocycles. The highest BCUT2D eigenvalue weighted by Gasteiger charge is 2.36. The molecule has 3 nitrogen and oxygen atoms in total. The molecular formula is C18H20ClNO2. The van der Waals surface area contributed by atoms with Crippen LogP contribution in [0.25, 0.3) is 0 Å². The van der Waals surface area contributed by atoms with Crippen molar-refractivity contribution in [3.8, 4) is 0 Å². The summed E-state index contributed by atoms with van der Waals surface area (Å²) in [6, 6.07) is 6.94. The van der Waals surface area contributed by atoms with E-state index in [9.17, 15) is 4.79 Å². The van der Waals surface area contributed by atoms with Crippen LogP contribution in [0.5, 0.6) is 0 Å². The van der Waals surface area contributed by atoms with Gasteiger partial charge in [-0.2, -0.15) is 0 Å². The van der Waals surface area contributed by atoms with Gasteiger partial charge in [0.2, 0.25) is 0 Å². The van der Waals surface area contributed by atoms with Gasteiger partial charge in [-0.05, 0) is 48.6 Å². The van der Waals surface area contributed by atoms with Crippen molar-refractivity contribution >= 4 is 17.5 Å². The molecule has 1 aliphatic rings. The average Bonchev–Trinajstić information content (AvgIpc) is 2.79. The molecule has 3 rings (SSSR count). The summed E-state index contributed by atoms with van der Waals surface area (Å²) in [5.74, 6) is 0.918. The highest BCUT2D eigenvalue weighted by Crippen LogP contribution is 2.42. The van der Waals surface area contributed by atoms with E-state index in [2.05, 4.69) is 19.2 Å². The van der Waals surface area contributed by atoms with Gasteiger partial charge in [0.05, 0.1) is 12.3 Å². The largest absolute Gasteiger partial charge is 0.469 e. The minimum atomic E-state index is -0.0779. The molecule has 1 unspecified atom stereocenters. The third kappa shape index (κ3) is 2.91. The molecule has 0 saturated carbocycles. The number of carbonyl (C=O) groups is 1. The van der Waals surface area contributed by atoms with Gasteiger partial charge in [0.25, 0.3) is 5.91 Å². The van der Waals surface area contributed by atoms with Crippen LogP contribution in [0.3, 0.4) is 0 Å². The Morgan fingerprint density at radius 2 is 2.00 bits per heavy atom. The van der Waals surface area contributed by atoms with E-state index in [1.165, 1.54) is 0 Å². The second kappa shape index (κ2) is 5.47. The van der Waals surface area contributed by atoms with Crippen molar-refractivity contribution in [2.45, 2.75) is 39.7 Å². The molecule has 0 aliphatic heterocycles. The number of fused-ring (bicyclic) bond motifs is 1. The van der Waals surface area contributed by atoms with Crippen molar-refractivity contribution in [1.82, 2.24) is 5.32 Å². The number of aryl methyl sites for hydroxylation is 1. The maximum absolute atomic E-state index is 12.5. The number of rotatable bonds is 2. The predicted molar refractivity (Wildman–Crippen MR) is 87.2 cm³/mol. The maximum atomic E-state index is 12.5. The Morgan fingerprint density at radius 3 is 2.68 bits per heavy atom. The minimum Gasteiger partial charge on any atom is -0.469 e. The van der Waals surface area contributed by atoms with E-state index in [0.29, 0.717) is 10.6 Å².